The number of phenols is 1. The zero-order valence-corrected chi connectivity index (χ0v) is 9.85. The van der Waals surface area contributed by atoms with Crippen LogP contribution in [0.4, 0.5) is 0 Å². The van der Waals surface area contributed by atoms with Crippen LogP contribution in [0.1, 0.15) is 24.6 Å². The molecule has 17 heavy (non-hydrogen) atoms. The maximum absolute atomic E-state index is 9.73. The molecule has 1 unspecified atom stereocenters. The number of aromatic nitrogens is 2. The Bertz CT molecular complexity index is 572. The van der Waals surface area contributed by atoms with Gasteiger partial charge in [0.15, 0.2) is 0 Å². The number of nitrogens with zero attached hydrogens (tertiary/aromatic N) is 2. The molecule has 0 saturated carbocycles. The maximum atomic E-state index is 9.73. The van der Waals surface area contributed by atoms with Crippen molar-refractivity contribution in [3.63, 3.8) is 0 Å². The highest BCUT2D eigenvalue weighted by molar-refractivity contribution is 5.87. The van der Waals surface area contributed by atoms with Crippen molar-refractivity contribution in [3.05, 3.63) is 23.4 Å². The summed E-state index contributed by atoms with van der Waals surface area (Å²) in [6.07, 6.45) is 2.63. The second-order valence-electron chi connectivity index (χ2n) is 4.83. The summed E-state index contributed by atoms with van der Waals surface area (Å²) in [4.78, 5) is 0. The van der Waals surface area contributed by atoms with E-state index in [2.05, 4.69) is 5.10 Å². The molecule has 90 valence electrons. The van der Waals surface area contributed by atoms with E-state index in [4.69, 9.17) is 0 Å². The van der Waals surface area contributed by atoms with Gasteiger partial charge in [0.2, 0.25) is 0 Å². The molecule has 0 saturated heterocycles. The number of hydrogen-bond donors (Lipinski definition) is 2. The predicted octanol–water partition coefficient (Wildman–Crippen LogP) is 1.61. The molecule has 2 N–H and O–H groups in total. The van der Waals surface area contributed by atoms with E-state index in [1.54, 1.807) is 13.0 Å². The van der Waals surface area contributed by atoms with E-state index in [0.29, 0.717) is 6.54 Å². The lowest BCUT2D eigenvalue weighted by atomic mass is 9.94. The van der Waals surface area contributed by atoms with Crippen molar-refractivity contribution >= 4 is 10.9 Å². The molecule has 4 nitrogen and oxygen atoms in total. The standard InChI is InChI=1S/C13H16N2O2/c1-8(16)7-15-12-6-10(17)5-9-3-2-4-11(14-15)13(9)12/h5-6,8,16-17H,2-4,7H2,1H3. The fourth-order valence-electron chi connectivity index (χ4n) is 2.66. The average molecular weight is 232 g/mol. The Balaban J connectivity index is 2.25. The van der Waals surface area contributed by atoms with Crippen LogP contribution < -0.4 is 0 Å². The molecule has 1 atom stereocenters. The predicted molar refractivity (Wildman–Crippen MR) is 65.1 cm³/mol. The van der Waals surface area contributed by atoms with Gasteiger partial charge in [0, 0.05) is 11.5 Å². The summed E-state index contributed by atoms with van der Waals surface area (Å²) in [6.45, 7) is 2.22. The number of aromatic hydroxyl groups is 1. The highest BCUT2D eigenvalue weighted by Crippen LogP contribution is 2.32. The number of hydrogen-bond acceptors (Lipinski definition) is 3. The molecule has 1 aliphatic carbocycles. The summed E-state index contributed by atoms with van der Waals surface area (Å²) < 4.78 is 1.81. The van der Waals surface area contributed by atoms with Gasteiger partial charge in [0.25, 0.3) is 0 Å². The number of benzene rings is 1. The second-order valence-corrected chi connectivity index (χ2v) is 4.83. The van der Waals surface area contributed by atoms with Gasteiger partial charge in [0.1, 0.15) is 5.75 Å². The number of aliphatic hydroxyl groups excluding tert-OH is 1. The molecule has 1 aromatic carbocycles. The fourth-order valence-corrected chi connectivity index (χ4v) is 2.66. The SMILES string of the molecule is CC(O)Cn1nc2c3c(cc(O)cc31)CCC2. The summed E-state index contributed by atoms with van der Waals surface area (Å²) in [5, 5.41) is 24.9. The molecule has 0 spiro atoms. The first kappa shape index (κ1) is 10.6. The van der Waals surface area contributed by atoms with Crippen molar-refractivity contribution in [1.29, 1.82) is 0 Å². The molecule has 1 aromatic heterocycles. The van der Waals surface area contributed by atoms with Crippen LogP contribution in [0.2, 0.25) is 0 Å². The van der Waals surface area contributed by atoms with E-state index in [1.807, 2.05) is 10.7 Å². The van der Waals surface area contributed by atoms with Gasteiger partial charge in [-0.1, -0.05) is 0 Å². The normalized spacial score (nSPS) is 16.4. The van der Waals surface area contributed by atoms with Crippen LogP contribution in [-0.4, -0.2) is 26.1 Å². The zero-order chi connectivity index (χ0) is 12.0. The first-order chi connectivity index (χ1) is 8.15. The number of rotatable bonds is 2. The Hall–Kier alpha value is -1.55. The van der Waals surface area contributed by atoms with Gasteiger partial charge in [-0.15, -0.1) is 0 Å². The van der Waals surface area contributed by atoms with E-state index < -0.39 is 6.10 Å². The molecule has 2 aromatic rings. The summed E-state index contributed by atoms with van der Waals surface area (Å²) in [6, 6.07) is 3.57. The summed E-state index contributed by atoms with van der Waals surface area (Å²) in [5.74, 6) is 0.285. The van der Waals surface area contributed by atoms with E-state index in [9.17, 15) is 10.2 Å². The van der Waals surface area contributed by atoms with Gasteiger partial charge in [-0.2, -0.15) is 5.10 Å². The van der Waals surface area contributed by atoms with Crippen LogP contribution in [0.15, 0.2) is 12.1 Å². The van der Waals surface area contributed by atoms with Gasteiger partial charge in [-0.3, -0.25) is 4.68 Å². The van der Waals surface area contributed by atoms with Crippen LogP contribution >= 0.6 is 0 Å². The Morgan fingerprint density at radius 2 is 2.24 bits per heavy atom. The number of phenolic OH excluding ortho intramolecular Hbond substituents is 1. The van der Waals surface area contributed by atoms with Crippen molar-refractivity contribution in [2.24, 2.45) is 0 Å². The van der Waals surface area contributed by atoms with Gasteiger partial charge in [-0.25, -0.2) is 0 Å². The Labute approximate surface area is 99.5 Å². The molecule has 0 fully saturated rings. The minimum Gasteiger partial charge on any atom is -0.508 e. The van der Waals surface area contributed by atoms with Crippen molar-refractivity contribution in [3.8, 4) is 5.75 Å². The molecule has 1 aliphatic rings. The highest BCUT2D eigenvalue weighted by Gasteiger charge is 2.19. The Morgan fingerprint density at radius 1 is 1.41 bits per heavy atom. The topological polar surface area (TPSA) is 58.3 Å². The lowest BCUT2D eigenvalue weighted by Crippen LogP contribution is -2.12. The van der Waals surface area contributed by atoms with Crippen LogP contribution in [-0.2, 0) is 19.4 Å². The molecular weight excluding hydrogens is 216 g/mol. The van der Waals surface area contributed by atoms with Crippen molar-refractivity contribution in [1.82, 2.24) is 9.78 Å². The third-order valence-corrected chi connectivity index (χ3v) is 3.29. The highest BCUT2D eigenvalue weighted by atomic mass is 16.3. The summed E-state index contributed by atoms with van der Waals surface area (Å²) in [7, 11) is 0. The van der Waals surface area contributed by atoms with Crippen LogP contribution in [0.3, 0.4) is 0 Å². The average Bonchev–Trinajstić information content (AvgIpc) is 2.57. The maximum Gasteiger partial charge on any atom is 0.118 e. The minimum atomic E-state index is -0.433. The molecule has 1 heterocycles. The van der Waals surface area contributed by atoms with E-state index in [-0.39, 0.29) is 5.75 Å². The third-order valence-electron chi connectivity index (χ3n) is 3.29. The molecular formula is C13H16N2O2. The van der Waals surface area contributed by atoms with Crippen LogP contribution in [0.25, 0.3) is 10.9 Å². The van der Waals surface area contributed by atoms with Gasteiger partial charge in [0.05, 0.1) is 23.9 Å². The van der Waals surface area contributed by atoms with Crippen LogP contribution in [0.5, 0.6) is 5.75 Å². The van der Waals surface area contributed by atoms with Crippen molar-refractivity contribution < 1.29 is 10.2 Å². The van der Waals surface area contributed by atoms with E-state index in [0.717, 1.165) is 30.5 Å². The quantitative estimate of drug-likeness (QED) is 0.827. The first-order valence-electron chi connectivity index (χ1n) is 6.04. The number of aryl methyl sites for hydroxylation is 2. The molecule has 0 radical (unpaired) electrons. The van der Waals surface area contributed by atoms with Gasteiger partial charge >= 0.3 is 0 Å². The largest absolute Gasteiger partial charge is 0.508 e. The Morgan fingerprint density at radius 3 is 3.00 bits per heavy atom. The third kappa shape index (κ3) is 1.69. The van der Waals surface area contributed by atoms with Crippen LogP contribution in [0, 0.1) is 0 Å². The first-order valence-corrected chi connectivity index (χ1v) is 6.04. The Kier molecular flexibility index (Phi) is 2.33. The lowest BCUT2D eigenvalue weighted by molar-refractivity contribution is 0.170. The van der Waals surface area contributed by atoms with Crippen molar-refractivity contribution in [2.75, 3.05) is 0 Å². The number of aliphatic hydroxyl groups is 1. The van der Waals surface area contributed by atoms with E-state index in [1.165, 1.54) is 10.9 Å². The molecule has 0 amide bonds. The molecule has 0 aliphatic heterocycles. The summed E-state index contributed by atoms with van der Waals surface area (Å²) in [5.41, 5.74) is 3.22. The van der Waals surface area contributed by atoms with Gasteiger partial charge < -0.3 is 10.2 Å². The zero-order valence-electron chi connectivity index (χ0n) is 9.85. The lowest BCUT2D eigenvalue weighted by Gasteiger charge is -2.11. The van der Waals surface area contributed by atoms with E-state index >= 15 is 0 Å². The molecule has 4 heteroatoms. The smallest absolute Gasteiger partial charge is 0.118 e. The summed E-state index contributed by atoms with van der Waals surface area (Å²) >= 11 is 0. The minimum absolute atomic E-state index is 0.285. The molecule has 3 rings (SSSR count). The fraction of sp³-hybridized carbons (Fsp3) is 0.462. The van der Waals surface area contributed by atoms with Crippen molar-refractivity contribution in [2.45, 2.75) is 38.8 Å². The van der Waals surface area contributed by atoms with Gasteiger partial charge in [-0.05, 0) is 37.8 Å². The molecule has 0 bridgehead atoms. The monoisotopic (exact) mass is 232 g/mol. The second kappa shape index (κ2) is 3.74.